The number of halogens is 2. The minimum Gasteiger partial charge on any atom is -0.478 e. The fourth-order valence-corrected chi connectivity index (χ4v) is 4.71. The summed E-state index contributed by atoms with van der Waals surface area (Å²) < 4.78 is 8.76. The van der Waals surface area contributed by atoms with Gasteiger partial charge in [-0.05, 0) is 48.5 Å². The van der Waals surface area contributed by atoms with Crippen molar-refractivity contribution in [3.05, 3.63) is 84.2 Å². The summed E-state index contributed by atoms with van der Waals surface area (Å²) in [7, 11) is 0. The Morgan fingerprint density at radius 2 is 2.03 bits per heavy atom. The van der Waals surface area contributed by atoms with E-state index in [9.17, 15) is 14.7 Å². The first kappa shape index (κ1) is 19.0. The van der Waals surface area contributed by atoms with Crippen molar-refractivity contribution in [2.45, 2.75) is 0 Å². The van der Waals surface area contributed by atoms with Crippen LogP contribution in [0.4, 0.5) is 0 Å². The van der Waals surface area contributed by atoms with Crippen LogP contribution < -0.4 is 10.1 Å². The lowest BCUT2D eigenvalue weighted by atomic mass is 10.1. The number of aromatic carboxylic acids is 1. The number of carboxylic acid groups (broad SMARTS) is 1. The van der Waals surface area contributed by atoms with E-state index in [1.807, 2.05) is 18.2 Å². The Bertz CT molecular complexity index is 1580. The van der Waals surface area contributed by atoms with Crippen molar-refractivity contribution in [1.82, 2.24) is 9.38 Å². The van der Waals surface area contributed by atoms with E-state index in [-0.39, 0.29) is 16.1 Å². The Hall–Kier alpha value is -2.94. The largest absolute Gasteiger partial charge is 0.478 e. The number of furan rings is 1. The molecule has 0 atom stereocenters. The number of fused-ring (bicyclic) bond motifs is 3. The summed E-state index contributed by atoms with van der Waals surface area (Å²) in [5.74, 6) is -0.163. The summed E-state index contributed by atoms with van der Waals surface area (Å²) in [4.78, 5) is 29.3. The van der Waals surface area contributed by atoms with E-state index in [1.165, 1.54) is 23.5 Å². The minimum absolute atomic E-state index is 0.00420. The van der Waals surface area contributed by atoms with Crippen LogP contribution in [0.2, 0.25) is 5.02 Å². The van der Waals surface area contributed by atoms with Crippen LogP contribution in [0.5, 0.6) is 0 Å². The number of carbonyl (C=O) groups is 1. The maximum atomic E-state index is 12.9. The number of benzene rings is 2. The number of aromatic nitrogens is 2. The van der Waals surface area contributed by atoms with E-state index < -0.39 is 5.97 Å². The number of imidazole rings is 1. The summed E-state index contributed by atoms with van der Waals surface area (Å²) in [5.41, 5.74) is 1.90. The van der Waals surface area contributed by atoms with Crippen LogP contribution >= 0.6 is 38.9 Å². The molecule has 3 aromatic heterocycles. The van der Waals surface area contributed by atoms with Crippen LogP contribution in [0.15, 0.2) is 62.2 Å². The Balaban J connectivity index is 1.59. The molecule has 0 spiro atoms. The van der Waals surface area contributed by atoms with E-state index >= 15 is 0 Å². The Morgan fingerprint density at radius 1 is 1.20 bits per heavy atom. The smallest absolute Gasteiger partial charge is 0.337 e. The van der Waals surface area contributed by atoms with Crippen molar-refractivity contribution in [2.75, 3.05) is 0 Å². The second kappa shape index (κ2) is 7.09. The fourth-order valence-electron chi connectivity index (χ4n) is 3.19. The molecule has 148 valence electrons. The van der Waals surface area contributed by atoms with E-state index in [0.717, 1.165) is 15.5 Å². The Morgan fingerprint density at radius 3 is 2.83 bits per heavy atom. The average molecular weight is 502 g/mol. The average Bonchev–Trinajstić information content (AvgIpc) is 3.38. The Kier molecular flexibility index (Phi) is 4.50. The molecule has 0 amide bonds. The lowest BCUT2D eigenvalue weighted by Gasteiger charge is -2.01. The summed E-state index contributed by atoms with van der Waals surface area (Å²) in [6.07, 6.45) is 1.66. The standard InChI is InChI=1S/C21H10BrClN2O4S/c22-11-2-5-15-16(8-11)25-19(26)18(30-21(25)24-15)9-12-3-6-17(29-12)10-1-4-14(23)13(7-10)20(27)28/h1-9H,(H,27,28). The van der Waals surface area contributed by atoms with Crippen LogP contribution in [0.3, 0.4) is 0 Å². The van der Waals surface area contributed by atoms with Crippen LogP contribution in [-0.4, -0.2) is 20.5 Å². The summed E-state index contributed by atoms with van der Waals surface area (Å²) in [5, 5.41) is 9.40. The zero-order valence-electron chi connectivity index (χ0n) is 14.9. The van der Waals surface area contributed by atoms with Gasteiger partial charge in [-0.25, -0.2) is 14.2 Å². The highest BCUT2D eigenvalue weighted by atomic mass is 79.9. The highest BCUT2D eigenvalue weighted by Crippen LogP contribution is 2.27. The predicted octanol–water partition coefficient (Wildman–Crippen LogP) is 4.83. The lowest BCUT2D eigenvalue weighted by Crippen LogP contribution is -2.22. The topological polar surface area (TPSA) is 84.8 Å². The molecule has 5 aromatic rings. The minimum atomic E-state index is -1.11. The molecule has 1 N–H and O–H groups in total. The molecule has 30 heavy (non-hydrogen) atoms. The van der Waals surface area contributed by atoms with Gasteiger partial charge in [0.25, 0.3) is 5.56 Å². The number of thiazole rings is 1. The molecule has 2 aromatic carbocycles. The normalized spacial score (nSPS) is 12.3. The monoisotopic (exact) mass is 500 g/mol. The van der Waals surface area contributed by atoms with Gasteiger partial charge in [0.2, 0.25) is 0 Å². The molecule has 0 aliphatic heterocycles. The van der Waals surface area contributed by atoms with Gasteiger partial charge in [-0.15, -0.1) is 0 Å². The molecule has 3 heterocycles. The van der Waals surface area contributed by atoms with Gasteiger partial charge in [0.1, 0.15) is 16.1 Å². The van der Waals surface area contributed by atoms with Gasteiger partial charge in [-0.2, -0.15) is 0 Å². The highest BCUT2D eigenvalue weighted by molar-refractivity contribution is 9.10. The Labute approximate surface area is 185 Å². The molecule has 0 unspecified atom stereocenters. The van der Waals surface area contributed by atoms with Gasteiger partial charge in [0.15, 0.2) is 4.96 Å². The van der Waals surface area contributed by atoms with Gasteiger partial charge in [0.05, 0.1) is 21.6 Å². The molecule has 0 saturated heterocycles. The first-order valence-electron chi connectivity index (χ1n) is 8.66. The second-order valence-corrected chi connectivity index (χ2v) is 8.81. The highest BCUT2D eigenvalue weighted by Gasteiger charge is 2.14. The third-order valence-corrected chi connectivity index (χ3v) is 6.37. The summed E-state index contributed by atoms with van der Waals surface area (Å²) in [6, 6.07) is 13.7. The van der Waals surface area contributed by atoms with Crippen molar-refractivity contribution in [3.8, 4) is 11.3 Å². The molecule has 0 fully saturated rings. The fraction of sp³-hybridized carbons (Fsp3) is 0. The molecule has 6 nitrogen and oxygen atoms in total. The first-order valence-corrected chi connectivity index (χ1v) is 10.6. The maximum Gasteiger partial charge on any atom is 0.337 e. The SMILES string of the molecule is O=C(O)c1cc(-c2ccc(C=c3sc4nc5ccc(Br)cc5n4c3=O)o2)ccc1Cl. The number of carboxylic acids is 1. The van der Waals surface area contributed by atoms with Crippen molar-refractivity contribution >= 4 is 66.9 Å². The number of nitrogens with zero attached hydrogens (tertiary/aromatic N) is 2. The predicted molar refractivity (Wildman–Crippen MR) is 119 cm³/mol. The zero-order chi connectivity index (χ0) is 21.0. The van der Waals surface area contributed by atoms with Crippen molar-refractivity contribution in [3.63, 3.8) is 0 Å². The molecule has 0 aliphatic carbocycles. The molecule has 0 bridgehead atoms. The van der Waals surface area contributed by atoms with Crippen molar-refractivity contribution < 1.29 is 14.3 Å². The molecular weight excluding hydrogens is 492 g/mol. The van der Waals surface area contributed by atoms with Gasteiger partial charge in [-0.1, -0.05) is 38.9 Å². The van der Waals surface area contributed by atoms with E-state index in [0.29, 0.717) is 26.6 Å². The molecule has 5 rings (SSSR count). The van der Waals surface area contributed by atoms with Crippen LogP contribution in [-0.2, 0) is 0 Å². The van der Waals surface area contributed by atoms with Gasteiger partial charge < -0.3 is 9.52 Å². The van der Waals surface area contributed by atoms with E-state index in [2.05, 4.69) is 20.9 Å². The zero-order valence-corrected chi connectivity index (χ0v) is 18.1. The molecular formula is C21H10BrClN2O4S. The molecule has 9 heteroatoms. The molecule has 0 radical (unpaired) electrons. The van der Waals surface area contributed by atoms with Crippen LogP contribution in [0, 0.1) is 0 Å². The first-order chi connectivity index (χ1) is 14.4. The van der Waals surface area contributed by atoms with E-state index in [4.69, 9.17) is 16.0 Å². The van der Waals surface area contributed by atoms with Crippen LogP contribution in [0.1, 0.15) is 16.1 Å². The van der Waals surface area contributed by atoms with Crippen molar-refractivity contribution in [2.24, 2.45) is 0 Å². The van der Waals surface area contributed by atoms with Crippen molar-refractivity contribution in [1.29, 1.82) is 0 Å². The molecule has 0 aliphatic rings. The molecule has 0 saturated carbocycles. The number of rotatable bonds is 3. The van der Waals surface area contributed by atoms with Crippen LogP contribution in [0.25, 0.3) is 33.4 Å². The van der Waals surface area contributed by atoms with Gasteiger partial charge >= 0.3 is 5.97 Å². The third kappa shape index (κ3) is 3.13. The third-order valence-electron chi connectivity index (χ3n) is 4.58. The number of hydrogen-bond donors (Lipinski definition) is 1. The summed E-state index contributed by atoms with van der Waals surface area (Å²) in [6.45, 7) is 0. The summed E-state index contributed by atoms with van der Waals surface area (Å²) >= 11 is 10.6. The maximum absolute atomic E-state index is 12.9. The lowest BCUT2D eigenvalue weighted by molar-refractivity contribution is 0.0697. The quantitative estimate of drug-likeness (QED) is 0.383. The second-order valence-electron chi connectivity index (χ2n) is 6.48. The number of hydrogen-bond acceptors (Lipinski definition) is 5. The van der Waals surface area contributed by atoms with E-state index in [1.54, 1.807) is 28.7 Å². The van der Waals surface area contributed by atoms with Gasteiger partial charge in [0, 0.05) is 16.1 Å². The van der Waals surface area contributed by atoms with Gasteiger partial charge in [-0.3, -0.25) is 4.79 Å².